The molecule has 86 valence electrons. The number of hydrogen-bond donors (Lipinski definition) is 3. The summed E-state index contributed by atoms with van der Waals surface area (Å²) in [6.45, 7) is 0.831. The number of carboxylic acids is 1. The maximum atomic E-state index is 11.5. The van der Waals surface area contributed by atoms with Gasteiger partial charge in [0.25, 0.3) is 0 Å². The van der Waals surface area contributed by atoms with Gasteiger partial charge in [-0.05, 0) is 6.42 Å². The Kier molecular flexibility index (Phi) is 4.51. The summed E-state index contributed by atoms with van der Waals surface area (Å²) < 4.78 is 5.10. The Labute approximate surface area is 88.0 Å². The molecule has 1 fully saturated rings. The maximum Gasteiger partial charge on any atom is 0.305 e. The molecule has 1 amide bonds. The minimum atomic E-state index is -0.913. The number of nitrogens with one attached hydrogen (secondary N) is 2. The second-order valence-electron chi connectivity index (χ2n) is 3.49. The summed E-state index contributed by atoms with van der Waals surface area (Å²) in [6, 6.07) is -0.260. The fourth-order valence-corrected chi connectivity index (χ4v) is 1.50. The lowest BCUT2D eigenvalue weighted by Gasteiger charge is -2.10. The molecule has 0 saturated carbocycles. The second kappa shape index (κ2) is 5.67. The molecule has 1 rings (SSSR count). The maximum absolute atomic E-state index is 11.5. The first kappa shape index (κ1) is 11.9. The Balaban J connectivity index is 2.20. The first-order chi connectivity index (χ1) is 7.13. The molecule has 1 heterocycles. The zero-order valence-corrected chi connectivity index (χ0v) is 8.66. The van der Waals surface area contributed by atoms with Crippen LogP contribution in [0.4, 0.5) is 0 Å². The number of hydrogen-bond acceptors (Lipinski definition) is 4. The van der Waals surface area contributed by atoms with Gasteiger partial charge in [0, 0.05) is 20.2 Å². The summed E-state index contributed by atoms with van der Waals surface area (Å²) in [5.74, 6) is -1.07. The number of ether oxygens (including phenoxy) is 1. The van der Waals surface area contributed by atoms with E-state index in [1.807, 2.05) is 0 Å². The Morgan fingerprint density at radius 2 is 2.33 bits per heavy atom. The number of amides is 1. The Morgan fingerprint density at radius 3 is 2.87 bits per heavy atom. The second-order valence-corrected chi connectivity index (χ2v) is 3.49. The van der Waals surface area contributed by atoms with Crippen LogP contribution < -0.4 is 10.6 Å². The zero-order valence-electron chi connectivity index (χ0n) is 8.66. The number of rotatable bonds is 5. The highest BCUT2D eigenvalue weighted by molar-refractivity contribution is 5.82. The first-order valence-corrected chi connectivity index (χ1v) is 4.89. The highest BCUT2D eigenvalue weighted by Crippen LogP contribution is 2.09. The average Bonchev–Trinajstić information content (AvgIpc) is 2.65. The van der Waals surface area contributed by atoms with E-state index >= 15 is 0 Å². The van der Waals surface area contributed by atoms with Crippen molar-refractivity contribution < 1.29 is 19.4 Å². The average molecular weight is 216 g/mol. The van der Waals surface area contributed by atoms with Crippen LogP contribution in [0.1, 0.15) is 12.8 Å². The van der Waals surface area contributed by atoms with Crippen molar-refractivity contribution in [3.8, 4) is 0 Å². The third-order valence-electron chi connectivity index (χ3n) is 2.38. The van der Waals surface area contributed by atoms with E-state index in [0.717, 1.165) is 0 Å². The molecule has 0 aromatic rings. The molecule has 1 aliphatic rings. The molecule has 0 radical (unpaired) electrons. The highest BCUT2D eigenvalue weighted by Gasteiger charge is 2.28. The molecular weight excluding hydrogens is 200 g/mol. The highest BCUT2D eigenvalue weighted by atomic mass is 16.5. The van der Waals surface area contributed by atoms with E-state index in [9.17, 15) is 9.59 Å². The minimum absolute atomic E-state index is 0.0494. The van der Waals surface area contributed by atoms with Crippen LogP contribution in [0, 0.1) is 0 Å². The number of carbonyl (C=O) groups excluding carboxylic acids is 1. The summed E-state index contributed by atoms with van der Waals surface area (Å²) >= 11 is 0. The van der Waals surface area contributed by atoms with Gasteiger partial charge >= 0.3 is 5.97 Å². The Morgan fingerprint density at radius 1 is 1.60 bits per heavy atom. The summed E-state index contributed by atoms with van der Waals surface area (Å²) in [5, 5.41) is 14.0. The van der Waals surface area contributed by atoms with Crippen molar-refractivity contribution in [2.24, 2.45) is 0 Å². The fourth-order valence-electron chi connectivity index (χ4n) is 1.50. The molecule has 3 N–H and O–H groups in total. The van der Waals surface area contributed by atoms with E-state index in [2.05, 4.69) is 10.6 Å². The zero-order chi connectivity index (χ0) is 11.3. The van der Waals surface area contributed by atoms with Gasteiger partial charge in [0.05, 0.1) is 18.6 Å². The van der Waals surface area contributed by atoms with E-state index in [-0.39, 0.29) is 31.0 Å². The molecule has 15 heavy (non-hydrogen) atoms. The van der Waals surface area contributed by atoms with E-state index < -0.39 is 5.97 Å². The third-order valence-corrected chi connectivity index (χ3v) is 2.38. The summed E-state index contributed by atoms with van der Waals surface area (Å²) in [4.78, 5) is 21.7. The van der Waals surface area contributed by atoms with Gasteiger partial charge < -0.3 is 20.5 Å². The van der Waals surface area contributed by atoms with Crippen LogP contribution in [0.2, 0.25) is 0 Å². The summed E-state index contributed by atoms with van der Waals surface area (Å²) in [7, 11) is 1.61. The molecule has 0 aromatic carbocycles. The lowest BCUT2D eigenvalue weighted by molar-refractivity contribution is -0.137. The van der Waals surface area contributed by atoms with Crippen molar-refractivity contribution in [3.63, 3.8) is 0 Å². The summed E-state index contributed by atoms with van der Waals surface area (Å²) in [5.41, 5.74) is 0. The molecule has 2 atom stereocenters. The summed E-state index contributed by atoms with van der Waals surface area (Å²) in [6.07, 6.45) is 0.655. The van der Waals surface area contributed by atoms with Crippen LogP contribution >= 0.6 is 0 Å². The van der Waals surface area contributed by atoms with Gasteiger partial charge in [0.15, 0.2) is 0 Å². The SMILES string of the molecule is COC1CNC(C(=O)NCCC(=O)O)C1. The molecule has 2 unspecified atom stereocenters. The van der Waals surface area contributed by atoms with Gasteiger partial charge in [-0.3, -0.25) is 9.59 Å². The fraction of sp³-hybridized carbons (Fsp3) is 0.778. The molecule has 1 saturated heterocycles. The first-order valence-electron chi connectivity index (χ1n) is 4.89. The van der Waals surface area contributed by atoms with E-state index in [4.69, 9.17) is 9.84 Å². The van der Waals surface area contributed by atoms with Gasteiger partial charge in [-0.15, -0.1) is 0 Å². The smallest absolute Gasteiger partial charge is 0.305 e. The van der Waals surface area contributed by atoms with Gasteiger partial charge in [0.2, 0.25) is 5.91 Å². The number of carbonyl (C=O) groups is 2. The largest absolute Gasteiger partial charge is 0.481 e. The van der Waals surface area contributed by atoms with Crippen LogP contribution in [0.25, 0.3) is 0 Å². The van der Waals surface area contributed by atoms with Crippen LogP contribution in [0.3, 0.4) is 0 Å². The van der Waals surface area contributed by atoms with Crippen molar-refractivity contribution in [2.45, 2.75) is 25.0 Å². The van der Waals surface area contributed by atoms with Gasteiger partial charge in [0.1, 0.15) is 0 Å². The van der Waals surface area contributed by atoms with Crippen LogP contribution in [0.15, 0.2) is 0 Å². The van der Waals surface area contributed by atoms with Gasteiger partial charge in [-0.1, -0.05) is 0 Å². The topological polar surface area (TPSA) is 87.7 Å². The van der Waals surface area contributed by atoms with Crippen molar-refractivity contribution in [2.75, 3.05) is 20.2 Å². The predicted molar refractivity (Wildman–Crippen MR) is 52.5 cm³/mol. The normalized spacial score (nSPS) is 25.1. The third kappa shape index (κ3) is 3.85. The van der Waals surface area contributed by atoms with Crippen LogP contribution in [-0.2, 0) is 14.3 Å². The van der Waals surface area contributed by atoms with E-state index in [1.165, 1.54) is 0 Å². The molecule has 6 nitrogen and oxygen atoms in total. The van der Waals surface area contributed by atoms with Crippen molar-refractivity contribution >= 4 is 11.9 Å². The van der Waals surface area contributed by atoms with Crippen molar-refractivity contribution in [1.82, 2.24) is 10.6 Å². The van der Waals surface area contributed by atoms with E-state index in [0.29, 0.717) is 13.0 Å². The van der Waals surface area contributed by atoms with E-state index in [1.54, 1.807) is 7.11 Å². The van der Waals surface area contributed by atoms with Gasteiger partial charge in [-0.2, -0.15) is 0 Å². The van der Waals surface area contributed by atoms with Crippen LogP contribution in [0.5, 0.6) is 0 Å². The standard InChI is InChI=1S/C9H16N2O4/c1-15-6-4-7(11-5-6)9(14)10-3-2-8(12)13/h6-7,11H,2-5H2,1H3,(H,10,14)(H,12,13). The molecule has 1 aliphatic heterocycles. The lowest BCUT2D eigenvalue weighted by Crippen LogP contribution is -2.41. The lowest BCUT2D eigenvalue weighted by atomic mass is 10.2. The molecular formula is C9H16N2O4. The molecule has 0 bridgehead atoms. The molecule has 0 spiro atoms. The van der Waals surface area contributed by atoms with Gasteiger partial charge in [-0.25, -0.2) is 0 Å². The Hall–Kier alpha value is -1.14. The Bertz CT molecular complexity index is 244. The minimum Gasteiger partial charge on any atom is -0.481 e. The number of aliphatic carboxylic acids is 1. The van der Waals surface area contributed by atoms with Crippen molar-refractivity contribution in [1.29, 1.82) is 0 Å². The van der Waals surface area contributed by atoms with Crippen LogP contribution in [-0.4, -0.2) is 49.3 Å². The monoisotopic (exact) mass is 216 g/mol. The molecule has 0 aromatic heterocycles. The number of carboxylic acid groups (broad SMARTS) is 1. The number of methoxy groups -OCH3 is 1. The van der Waals surface area contributed by atoms with Crippen molar-refractivity contribution in [3.05, 3.63) is 0 Å². The predicted octanol–water partition coefficient (Wildman–Crippen LogP) is -1.05. The quantitative estimate of drug-likeness (QED) is 0.546. The molecule has 0 aliphatic carbocycles. The molecule has 6 heteroatoms.